The second kappa shape index (κ2) is 7.54. The van der Waals surface area contributed by atoms with Crippen LogP contribution in [0.5, 0.6) is 0 Å². The van der Waals surface area contributed by atoms with Gasteiger partial charge in [0.2, 0.25) is 0 Å². The molecule has 0 radical (unpaired) electrons. The number of aliphatic hydroxyl groups is 1. The van der Waals surface area contributed by atoms with Gasteiger partial charge < -0.3 is 15.0 Å². The number of rotatable bonds is 6. The van der Waals surface area contributed by atoms with Crippen LogP contribution in [-0.2, 0) is 6.54 Å². The van der Waals surface area contributed by atoms with E-state index >= 15 is 0 Å². The molecular formula is C17H17N5O3. The van der Waals surface area contributed by atoms with Crippen molar-refractivity contribution in [3.63, 3.8) is 0 Å². The van der Waals surface area contributed by atoms with E-state index in [1.165, 1.54) is 21.6 Å². The van der Waals surface area contributed by atoms with Crippen LogP contribution < -0.4 is 10.9 Å². The maximum Gasteiger partial charge on any atom is 0.273 e. The van der Waals surface area contributed by atoms with Gasteiger partial charge in [-0.15, -0.1) is 5.10 Å². The van der Waals surface area contributed by atoms with E-state index in [1.54, 1.807) is 18.3 Å². The smallest absolute Gasteiger partial charge is 0.273 e. The predicted octanol–water partition coefficient (Wildman–Crippen LogP) is 0.220. The van der Waals surface area contributed by atoms with Crippen LogP contribution in [0.4, 0.5) is 0 Å². The number of hydrogen-bond acceptors (Lipinski definition) is 5. The lowest BCUT2D eigenvalue weighted by Gasteiger charge is -2.12. The van der Waals surface area contributed by atoms with Crippen LogP contribution in [0.15, 0.2) is 65.7 Å². The number of carbonyl (C=O) groups is 1. The quantitative estimate of drug-likeness (QED) is 0.669. The van der Waals surface area contributed by atoms with Crippen molar-refractivity contribution in [2.45, 2.75) is 12.6 Å². The van der Waals surface area contributed by atoms with Crippen molar-refractivity contribution in [3.05, 3.63) is 77.0 Å². The Bertz CT molecular complexity index is 904. The number of aliphatic hydroxyl groups excluding tert-OH is 1. The fourth-order valence-corrected chi connectivity index (χ4v) is 2.26. The molecule has 0 saturated carbocycles. The number of nitrogens with one attached hydrogen (secondary N) is 1. The highest BCUT2D eigenvalue weighted by Crippen LogP contribution is 2.04. The zero-order valence-corrected chi connectivity index (χ0v) is 13.3. The van der Waals surface area contributed by atoms with Crippen molar-refractivity contribution in [2.24, 2.45) is 0 Å². The largest absolute Gasteiger partial charge is 0.389 e. The average molecular weight is 339 g/mol. The average Bonchev–Trinajstić information content (AvgIpc) is 3.13. The third kappa shape index (κ3) is 4.18. The van der Waals surface area contributed by atoms with Crippen LogP contribution in [0.1, 0.15) is 10.5 Å². The van der Waals surface area contributed by atoms with Gasteiger partial charge in [0.05, 0.1) is 24.5 Å². The Morgan fingerprint density at radius 1 is 1.16 bits per heavy atom. The molecular weight excluding hydrogens is 322 g/mol. The van der Waals surface area contributed by atoms with Crippen molar-refractivity contribution in [3.8, 4) is 5.69 Å². The summed E-state index contributed by atoms with van der Waals surface area (Å²) in [4.78, 5) is 25.1. The SMILES string of the molecule is O=C(NCC(O)Cn1ccccc1=O)c1cnn(-c2ccccc2)n1. The number of hydrogen-bond donors (Lipinski definition) is 2. The van der Waals surface area contributed by atoms with Crippen LogP contribution in [0, 0.1) is 0 Å². The van der Waals surface area contributed by atoms with Gasteiger partial charge in [-0.1, -0.05) is 24.3 Å². The first-order chi connectivity index (χ1) is 12.1. The maximum absolute atomic E-state index is 12.1. The molecule has 2 N–H and O–H groups in total. The minimum absolute atomic E-state index is 0.00162. The fourth-order valence-electron chi connectivity index (χ4n) is 2.26. The summed E-state index contributed by atoms with van der Waals surface area (Å²) in [5, 5.41) is 20.7. The van der Waals surface area contributed by atoms with Crippen molar-refractivity contribution >= 4 is 5.91 Å². The lowest BCUT2D eigenvalue weighted by molar-refractivity contribution is 0.0898. The number of pyridine rings is 1. The molecule has 1 atom stereocenters. The van der Waals surface area contributed by atoms with E-state index in [2.05, 4.69) is 15.5 Å². The highest BCUT2D eigenvalue weighted by atomic mass is 16.3. The molecule has 1 aromatic carbocycles. The molecule has 1 unspecified atom stereocenters. The monoisotopic (exact) mass is 339 g/mol. The van der Waals surface area contributed by atoms with Crippen molar-refractivity contribution in [1.82, 2.24) is 24.9 Å². The van der Waals surface area contributed by atoms with Gasteiger partial charge in [-0.3, -0.25) is 9.59 Å². The maximum atomic E-state index is 12.1. The topological polar surface area (TPSA) is 102 Å². The molecule has 8 nitrogen and oxygen atoms in total. The summed E-state index contributed by atoms with van der Waals surface area (Å²) < 4.78 is 1.38. The standard InChI is InChI=1S/C17H17N5O3/c23-14(12-21-9-5-4-8-16(21)24)10-18-17(25)15-11-19-22(20-15)13-6-2-1-3-7-13/h1-9,11,14,23H,10,12H2,(H,18,25). The molecule has 0 bridgehead atoms. The van der Waals surface area contributed by atoms with E-state index in [-0.39, 0.29) is 24.3 Å². The molecule has 1 amide bonds. The van der Waals surface area contributed by atoms with Gasteiger partial charge in [0, 0.05) is 18.8 Å². The highest BCUT2D eigenvalue weighted by molar-refractivity contribution is 5.91. The molecule has 2 aromatic heterocycles. The van der Waals surface area contributed by atoms with Gasteiger partial charge in [-0.2, -0.15) is 9.90 Å². The molecule has 0 aliphatic carbocycles. The van der Waals surface area contributed by atoms with Crippen LogP contribution in [0.3, 0.4) is 0 Å². The zero-order valence-electron chi connectivity index (χ0n) is 13.3. The Balaban J connectivity index is 1.57. The number of amides is 1. The zero-order chi connectivity index (χ0) is 17.6. The third-order valence-corrected chi connectivity index (χ3v) is 3.52. The second-order valence-corrected chi connectivity index (χ2v) is 5.41. The van der Waals surface area contributed by atoms with Crippen molar-refractivity contribution in [2.75, 3.05) is 6.54 Å². The van der Waals surface area contributed by atoms with Gasteiger partial charge in [0.25, 0.3) is 11.5 Å². The number of benzene rings is 1. The molecule has 0 fully saturated rings. The summed E-state index contributed by atoms with van der Waals surface area (Å²) in [6.07, 6.45) is 2.04. The lowest BCUT2D eigenvalue weighted by atomic mass is 10.3. The normalized spacial score (nSPS) is 11.9. The first kappa shape index (κ1) is 16.6. The molecule has 25 heavy (non-hydrogen) atoms. The number of para-hydroxylation sites is 1. The van der Waals surface area contributed by atoms with Gasteiger partial charge in [0.15, 0.2) is 5.69 Å². The molecule has 8 heteroatoms. The lowest BCUT2D eigenvalue weighted by Crippen LogP contribution is -2.36. The molecule has 0 aliphatic rings. The molecule has 3 aromatic rings. The van der Waals surface area contributed by atoms with Gasteiger partial charge in [0.1, 0.15) is 0 Å². The third-order valence-electron chi connectivity index (χ3n) is 3.52. The first-order valence-corrected chi connectivity index (χ1v) is 7.73. The minimum atomic E-state index is -0.895. The molecule has 2 heterocycles. The summed E-state index contributed by atoms with van der Waals surface area (Å²) in [5.41, 5.74) is 0.677. The first-order valence-electron chi connectivity index (χ1n) is 7.73. The predicted molar refractivity (Wildman–Crippen MR) is 90.4 cm³/mol. The number of aromatic nitrogens is 4. The van der Waals surface area contributed by atoms with Gasteiger partial charge in [-0.25, -0.2) is 0 Å². The Labute approximate surface area is 143 Å². The summed E-state index contributed by atoms with van der Waals surface area (Å²) in [7, 11) is 0. The summed E-state index contributed by atoms with van der Waals surface area (Å²) in [6, 6.07) is 14.0. The van der Waals surface area contributed by atoms with Crippen LogP contribution >= 0.6 is 0 Å². The van der Waals surface area contributed by atoms with E-state index in [4.69, 9.17) is 0 Å². The molecule has 0 spiro atoms. The highest BCUT2D eigenvalue weighted by Gasteiger charge is 2.13. The number of carbonyl (C=O) groups excluding carboxylic acids is 1. The van der Waals surface area contributed by atoms with E-state index in [1.807, 2.05) is 30.3 Å². The van der Waals surface area contributed by atoms with Crippen molar-refractivity contribution in [1.29, 1.82) is 0 Å². The molecule has 3 rings (SSSR count). The summed E-state index contributed by atoms with van der Waals surface area (Å²) in [5.74, 6) is -0.443. The Hall–Kier alpha value is -3.26. The molecule has 0 saturated heterocycles. The van der Waals surface area contributed by atoms with E-state index < -0.39 is 12.0 Å². The molecule has 0 aliphatic heterocycles. The fraction of sp³-hybridized carbons (Fsp3) is 0.176. The Morgan fingerprint density at radius 3 is 2.68 bits per heavy atom. The van der Waals surface area contributed by atoms with Gasteiger partial charge >= 0.3 is 0 Å². The van der Waals surface area contributed by atoms with Crippen LogP contribution in [0.25, 0.3) is 5.69 Å². The summed E-state index contributed by atoms with van der Waals surface area (Å²) in [6.45, 7) is 0.0923. The Kier molecular flexibility index (Phi) is 5.00. The minimum Gasteiger partial charge on any atom is -0.389 e. The van der Waals surface area contributed by atoms with E-state index in [9.17, 15) is 14.7 Å². The van der Waals surface area contributed by atoms with Crippen LogP contribution in [-0.4, -0.2) is 43.2 Å². The van der Waals surface area contributed by atoms with Crippen molar-refractivity contribution < 1.29 is 9.90 Å². The van der Waals surface area contributed by atoms with E-state index in [0.717, 1.165) is 5.69 Å². The summed E-state index contributed by atoms with van der Waals surface area (Å²) >= 11 is 0. The second-order valence-electron chi connectivity index (χ2n) is 5.41. The van der Waals surface area contributed by atoms with E-state index in [0.29, 0.717) is 0 Å². The van der Waals surface area contributed by atoms with Crippen LogP contribution in [0.2, 0.25) is 0 Å². The number of nitrogens with zero attached hydrogens (tertiary/aromatic N) is 4. The molecule has 128 valence electrons. The van der Waals surface area contributed by atoms with Gasteiger partial charge in [-0.05, 0) is 18.2 Å². The Morgan fingerprint density at radius 2 is 1.92 bits per heavy atom.